The van der Waals surface area contributed by atoms with E-state index in [2.05, 4.69) is 30.9 Å². The molecule has 16 heavy (non-hydrogen) atoms. The molecule has 4 heteroatoms. The van der Waals surface area contributed by atoms with E-state index in [0.717, 1.165) is 12.3 Å². The van der Waals surface area contributed by atoms with Gasteiger partial charge in [-0.15, -0.1) is 0 Å². The molecule has 90 valence electrons. The quantitative estimate of drug-likeness (QED) is 0.854. The third kappa shape index (κ3) is 2.43. The molecule has 0 saturated heterocycles. The highest BCUT2D eigenvalue weighted by atomic mass is 16.5. The van der Waals surface area contributed by atoms with E-state index in [1.165, 1.54) is 12.8 Å². The van der Waals surface area contributed by atoms with E-state index < -0.39 is 5.54 Å². The molecule has 0 aromatic carbocycles. The molecule has 2 rings (SSSR count). The first-order valence-corrected chi connectivity index (χ1v) is 5.92. The molecule has 1 saturated carbocycles. The molecule has 1 aromatic heterocycles. The molecule has 1 aromatic rings. The maximum atomic E-state index is 6.25. The van der Waals surface area contributed by atoms with Crippen LogP contribution in [0, 0.1) is 5.92 Å². The number of hydrogen-bond donors (Lipinski definition) is 1. The van der Waals surface area contributed by atoms with Gasteiger partial charge in [-0.2, -0.15) is 4.98 Å². The lowest BCUT2D eigenvalue weighted by Crippen LogP contribution is -2.35. The van der Waals surface area contributed by atoms with Crippen LogP contribution < -0.4 is 5.73 Å². The van der Waals surface area contributed by atoms with Gasteiger partial charge in [-0.3, -0.25) is 0 Å². The van der Waals surface area contributed by atoms with Crippen LogP contribution in [0.15, 0.2) is 4.52 Å². The molecule has 2 N–H and O–H groups in total. The van der Waals surface area contributed by atoms with Crippen LogP contribution in [-0.2, 0) is 11.0 Å². The van der Waals surface area contributed by atoms with Gasteiger partial charge in [-0.05, 0) is 19.3 Å². The van der Waals surface area contributed by atoms with E-state index in [9.17, 15) is 0 Å². The Bertz CT molecular complexity index is 372. The fraction of sp³-hybridized carbons (Fsp3) is 0.833. The maximum absolute atomic E-state index is 6.25. The zero-order valence-electron chi connectivity index (χ0n) is 10.6. The van der Waals surface area contributed by atoms with Crippen LogP contribution in [0.1, 0.15) is 58.7 Å². The van der Waals surface area contributed by atoms with Crippen LogP contribution in [0.25, 0.3) is 0 Å². The SMILES string of the molecule is CC(C)(C)c1nc(C(C)(N)CC2CC2)no1. The summed E-state index contributed by atoms with van der Waals surface area (Å²) in [7, 11) is 0. The Balaban J connectivity index is 2.16. The summed E-state index contributed by atoms with van der Waals surface area (Å²) in [6, 6.07) is 0. The lowest BCUT2D eigenvalue weighted by atomic mass is 9.94. The summed E-state index contributed by atoms with van der Waals surface area (Å²) >= 11 is 0. The van der Waals surface area contributed by atoms with Crippen molar-refractivity contribution >= 4 is 0 Å². The van der Waals surface area contributed by atoms with Gasteiger partial charge in [-0.25, -0.2) is 0 Å². The minimum absolute atomic E-state index is 0.110. The minimum Gasteiger partial charge on any atom is -0.339 e. The number of rotatable bonds is 3. The highest BCUT2D eigenvalue weighted by Crippen LogP contribution is 2.39. The molecule has 1 aliphatic carbocycles. The van der Waals surface area contributed by atoms with Crippen molar-refractivity contribution in [2.75, 3.05) is 0 Å². The Morgan fingerprint density at radius 2 is 1.94 bits per heavy atom. The summed E-state index contributed by atoms with van der Waals surface area (Å²) in [5.41, 5.74) is 5.69. The topological polar surface area (TPSA) is 64.9 Å². The van der Waals surface area contributed by atoms with Crippen LogP contribution in [0.5, 0.6) is 0 Å². The van der Waals surface area contributed by atoms with Gasteiger partial charge in [0.25, 0.3) is 0 Å². The normalized spacial score (nSPS) is 20.8. The zero-order chi connectivity index (χ0) is 12.0. The van der Waals surface area contributed by atoms with Gasteiger partial charge in [0.05, 0.1) is 5.54 Å². The van der Waals surface area contributed by atoms with Gasteiger partial charge < -0.3 is 10.3 Å². The highest BCUT2D eigenvalue weighted by molar-refractivity contribution is 5.07. The molecular formula is C12H21N3O. The number of aromatic nitrogens is 2. The van der Waals surface area contributed by atoms with Gasteiger partial charge >= 0.3 is 0 Å². The smallest absolute Gasteiger partial charge is 0.232 e. The van der Waals surface area contributed by atoms with E-state index >= 15 is 0 Å². The lowest BCUT2D eigenvalue weighted by Gasteiger charge is -2.20. The van der Waals surface area contributed by atoms with Crippen LogP contribution in [0.4, 0.5) is 0 Å². The van der Waals surface area contributed by atoms with E-state index in [0.29, 0.717) is 11.7 Å². The number of hydrogen-bond acceptors (Lipinski definition) is 4. The summed E-state index contributed by atoms with van der Waals surface area (Å²) in [5, 5.41) is 4.02. The summed E-state index contributed by atoms with van der Waals surface area (Å²) in [5.74, 6) is 2.06. The van der Waals surface area contributed by atoms with E-state index in [1.54, 1.807) is 0 Å². The Hall–Kier alpha value is -0.900. The van der Waals surface area contributed by atoms with Crippen molar-refractivity contribution in [1.29, 1.82) is 0 Å². The van der Waals surface area contributed by atoms with Crippen molar-refractivity contribution in [3.8, 4) is 0 Å². The average Bonchev–Trinajstić information content (AvgIpc) is 2.79. The third-order valence-electron chi connectivity index (χ3n) is 2.99. The molecule has 1 unspecified atom stereocenters. The van der Waals surface area contributed by atoms with Crippen molar-refractivity contribution in [1.82, 2.24) is 10.1 Å². The van der Waals surface area contributed by atoms with Crippen molar-refractivity contribution in [2.45, 2.75) is 57.9 Å². The molecule has 4 nitrogen and oxygen atoms in total. The summed E-state index contributed by atoms with van der Waals surface area (Å²) in [4.78, 5) is 4.43. The zero-order valence-corrected chi connectivity index (χ0v) is 10.6. The van der Waals surface area contributed by atoms with E-state index in [-0.39, 0.29) is 5.41 Å². The first-order valence-electron chi connectivity index (χ1n) is 5.92. The average molecular weight is 223 g/mol. The Morgan fingerprint density at radius 1 is 1.31 bits per heavy atom. The van der Waals surface area contributed by atoms with Crippen molar-refractivity contribution in [2.24, 2.45) is 11.7 Å². The highest BCUT2D eigenvalue weighted by Gasteiger charge is 2.36. The third-order valence-corrected chi connectivity index (χ3v) is 2.99. The van der Waals surface area contributed by atoms with Gasteiger partial charge in [-0.1, -0.05) is 38.8 Å². The van der Waals surface area contributed by atoms with Gasteiger partial charge in [0.15, 0.2) is 5.82 Å². The molecular weight excluding hydrogens is 202 g/mol. The first kappa shape index (κ1) is 11.6. The standard InChI is InChI=1S/C12H21N3O/c1-11(2,3)10-14-9(15-16-10)12(4,13)7-8-5-6-8/h8H,5-7,13H2,1-4H3. The van der Waals surface area contributed by atoms with Crippen LogP contribution >= 0.6 is 0 Å². The van der Waals surface area contributed by atoms with Crippen LogP contribution in [-0.4, -0.2) is 10.1 Å². The number of nitrogens with two attached hydrogens (primary N) is 1. The molecule has 1 atom stereocenters. The fourth-order valence-corrected chi connectivity index (χ4v) is 1.77. The predicted molar refractivity (Wildman–Crippen MR) is 61.9 cm³/mol. The second-order valence-corrected chi connectivity index (χ2v) is 6.24. The monoisotopic (exact) mass is 223 g/mol. The molecule has 0 amide bonds. The van der Waals surface area contributed by atoms with Crippen molar-refractivity contribution < 1.29 is 4.52 Å². The summed E-state index contributed by atoms with van der Waals surface area (Å²) in [6.45, 7) is 8.15. The molecule has 1 aliphatic rings. The second-order valence-electron chi connectivity index (χ2n) is 6.24. The molecule has 0 aliphatic heterocycles. The van der Waals surface area contributed by atoms with Crippen molar-refractivity contribution in [3.05, 3.63) is 11.7 Å². The summed E-state index contributed by atoms with van der Waals surface area (Å²) in [6.07, 6.45) is 3.53. The minimum atomic E-state index is -0.450. The fourth-order valence-electron chi connectivity index (χ4n) is 1.77. The Kier molecular flexibility index (Phi) is 2.57. The molecule has 0 radical (unpaired) electrons. The molecule has 1 fully saturated rings. The van der Waals surface area contributed by atoms with E-state index in [4.69, 9.17) is 10.3 Å². The Morgan fingerprint density at radius 3 is 2.38 bits per heavy atom. The van der Waals surface area contributed by atoms with Gasteiger partial charge in [0.2, 0.25) is 5.89 Å². The van der Waals surface area contributed by atoms with E-state index in [1.807, 2.05) is 6.92 Å². The molecule has 0 spiro atoms. The predicted octanol–water partition coefficient (Wildman–Crippen LogP) is 2.34. The van der Waals surface area contributed by atoms with Crippen LogP contribution in [0.3, 0.4) is 0 Å². The molecule has 0 bridgehead atoms. The van der Waals surface area contributed by atoms with Gasteiger partial charge in [0.1, 0.15) is 0 Å². The second kappa shape index (κ2) is 3.55. The first-order chi connectivity index (χ1) is 7.29. The number of nitrogens with zero attached hydrogens (tertiary/aromatic N) is 2. The van der Waals surface area contributed by atoms with Gasteiger partial charge in [0, 0.05) is 5.41 Å². The molecule has 1 heterocycles. The van der Waals surface area contributed by atoms with Crippen molar-refractivity contribution in [3.63, 3.8) is 0 Å². The maximum Gasteiger partial charge on any atom is 0.232 e. The summed E-state index contributed by atoms with van der Waals surface area (Å²) < 4.78 is 5.28. The van der Waals surface area contributed by atoms with Crippen LogP contribution in [0.2, 0.25) is 0 Å². The largest absolute Gasteiger partial charge is 0.339 e. The Labute approximate surface area is 96.6 Å². The lowest BCUT2D eigenvalue weighted by molar-refractivity contribution is 0.307.